The smallest absolute Gasteiger partial charge is 0.305 e. The third-order valence-electron chi connectivity index (χ3n) is 17.6. The third-order valence-corrected chi connectivity index (χ3v) is 17.6. The molecule has 8 N–H and O–H groups in total. The molecule has 0 aromatic rings. The number of esters is 1. The number of hydrogen-bond donors (Lipinski definition) is 8. The van der Waals surface area contributed by atoms with Crippen LogP contribution in [0.15, 0.2) is 11.6 Å². The van der Waals surface area contributed by atoms with Crippen LogP contribution in [0.5, 0.6) is 0 Å². The van der Waals surface area contributed by atoms with Crippen molar-refractivity contribution >= 4 is 5.97 Å². The van der Waals surface area contributed by atoms with E-state index >= 15 is 0 Å². The largest absolute Gasteiger partial charge is 0.433 e. The summed E-state index contributed by atoms with van der Waals surface area (Å²) in [6.45, 7) is 16.0. The molecule has 21 atom stereocenters. The van der Waals surface area contributed by atoms with Crippen molar-refractivity contribution in [3.8, 4) is 0 Å². The zero-order valence-electron chi connectivity index (χ0n) is 36.3. The second kappa shape index (κ2) is 15.7. The van der Waals surface area contributed by atoms with Crippen LogP contribution in [-0.2, 0) is 33.2 Å². The Balaban J connectivity index is 1.16. The Hall–Kier alpha value is -1.31. The Morgan fingerprint density at radius 3 is 2.07 bits per heavy atom. The number of allylic oxidation sites excluding steroid dienone is 1. The molecule has 2 saturated heterocycles. The lowest BCUT2D eigenvalue weighted by molar-refractivity contribution is -0.383. The van der Waals surface area contributed by atoms with Crippen molar-refractivity contribution in [1.82, 2.24) is 0 Å². The minimum atomic E-state index is -1.83. The van der Waals surface area contributed by atoms with E-state index in [2.05, 4.69) is 40.7 Å². The van der Waals surface area contributed by atoms with E-state index in [9.17, 15) is 45.6 Å². The zero-order chi connectivity index (χ0) is 43.4. The minimum absolute atomic E-state index is 0.0146. The minimum Gasteiger partial charge on any atom is -0.433 e. The van der Waals surface area contributed by atoms with Crippen molar-refractivity contribution in [2.75, 3.05) is 20.3 Å². The quantitative estimate of drug-likeness (QED) is 0.0991. The van der Waals surface area contributed by atoms with E-state index in [0.717, 1.165) is 39.0 Å². The van der Waals surface area contributed by atoms with E-state index < -0.39 is 90.6 Å². The van der Waals surface area contributed by atoms with Crippen molar-refractivity contribution in [3.63, 3.8) is 0 Å². The number of fused-ring (bicyclic) bond motifs is 7. The van der Waals surface area contributed by atoms with Gasteiger partial charge in [0, 0.05) is 30.8 Å². The number of rotatable bonds is 8. The van der Waals surface area contributed by atoms with Crippen molar-refractivity contribution in [1.29, 1.82) is 0 Å². The molecule has 7 rings (SSSR count). The summed E-state index contributed by atoms with van der Waals surface area (Å²) in [5, 5.41) is 88.9. The zero-order valence-corrected chi connectivity index (χ0v) is 36.3. The summed E-state index contributed by atoms with van der Waals surface area (Å²) in [7, 11) is 1.77. The fourth-order valence-electron chi connectivity index (χ4n) is 14.0. The van der Waals surface area contributed by atoms with Crippen molar-refractivity contribution in [3.05, 3.63) is 11.6 Å². The maximum Gasteiger partial charge on any atom is 0.305 e. The summed E-state index contributed by atoms with van der Waals surface area (Å²) >= 11 is 0. The lowest BCUT2D eigenvalue weighted by Gasteiger charge is -2.73. The predicted molar refractivity (Wildman–Crippen MR) is 210 cm³/mol. The van der Waals surface area contributed by atoms with Gasteiger partial charge in [0.05, 0.1) is 37.6 Å². The molecule has 0 aromatic carbocycles. The van der Waals surface area contributed by atoms with E-state index in [4.69, 9.17) is 28.4 Å². The van der Waals surface area contributed by atoms with Crippen molar-refractivity contribution < 1.29 is 74.1 Å². The second-order valence-electron chi connectivity index (χ2n) is 21.3. The molecule has 0 aromatic heterocycles. The van der Waals surface area contributed by atoms with E-state index in [1.165, 1.54) is 5.57 Å². The highest BCUT2D eigenvalue weighted by atomic mass is 16.8. The lowest BCUT2D eigenvalue weighted by atomic mass is 9.32. The predicted octanol–water partition coefficient (Wildman–Crippen LogP) is 1.91. The summed E-state index contributed by atoms with van der Waals surface area (Å²) in [5.74, 6) is -0.835. The molecule has 21 unspecified atom stereocenters. The standard InChI is InChI=1S/C44H72O15/c1-21-29(49)34(58-37-32(52)30(50)31(51)36(59-37)56-22(2)47)33(53)38(55-21)57-28-11-12-40(5)26(41(28,6)19-45)10-13-42(7)35(40)25(54-9)16-23-24-17-39(3,4)14-15-44(24,20-46)27(48)18-43(23,42)8/h16,21,24-38,45-46,48-53H,10-15,17-20H2,1-9H3. The fourth-order valence-corrected chi connectivity index (χ4v) is 14.0. The third kappa shape index (κ3) is 6.91. The van der Waals surface area contributed by atoms with E-state index in [1.54, 1.807) is 14.0 Å². The summed E-state index contributed by atoms with van der Waals surface area (Å²) < 4.78 is 35.6. The second-order valence-corrected chi connectivity index (χ2v) is 21.3. The van der Waals surface area contributed by atoms with Gasteiger partial charge in [0.2, 0.25) is 6.29 Å². The Kier molecular flexibility index (Phi) is 12.2. The molecule has 2 aliphatic heterocycles. The number of hydrogen-bond acceptors (Lipinski definition) is 15. The van der Waals surface area contributed by atoms with Crippen LogP contribution < -0.4 is 0 Å². The fraction of sp³-hybridized carbons (Fsp3) is 0.932. The average molecular weight is 841 g/mol. The number of ether oxygens (including phenoxy) is 6. The van der Waals surface area contributed by atoms with Crippen LogP contribution in [0.4, 0.5) is 0 Å². The van der Waals surface area contributed by atoms with E-state index in [0.29, 0.717) is 19.3 Å². The molecular formula is C44H72O15. The number of aliphatic hydroxyl groups excluding tert-OH is 8. The Bertz CT molecular complexity index is 1590. The van der Waals surface area contributed by atoms with Gasteiger partial charge in [-0.25, -0.2) is 0 Å². The molecule has 0 spiro atoms. The van der Waals surface area contributed by atoms with Gasteiger partial charge < -0.3 is 69.3 Å². The summed E-state index contributed by atoms with van der Waals surface area (Å²) in [4.78, 5) is 11.6. The molecule has 6 fully saturated rings. The van der Waals surface area contributed by atoms with Gasteiger partial charge >= 0.3 is 5.97 Å². The molecular weight excluding hydrogens is 768 g/mol. The summed E-state index contributed by atoms with van der Waals surface area (Å²) in [5.41, 5.74) is -1.03. The van der Waals surface area contributed by atoms with Gasteiger partial charge in [-0.2, -0.15) is 0 Å². The summed E-state index contributed by atoms with van der Waals surface area (Å²) in [6.07, 6.45) is -8.86. The summed E-state index contributed by atoms with van der Waals surface area (Å²) in [6, 6.07) is 0. The van der Waals surface area contributed by atoms with Crippen LogP contribution in [-0.4, -0.2) is 147 Å². The van der Waals surface area contributed by atoms with Gasteiger partial charge in [-0.3, -0.25) is 4.79 Å². The highest BCUT2D eigenvalue weighted by Gasteiger charge is 2.72. The normalized spacial score (nSPS) is 54.5. The van der Waals surface area contributed by atoms with Gasteiger partial charge in [0.1, 0.15) is 36.6 Å². The monoisotopic (exact) mass is 840 g/mol. The maximum absolute atomic E-state index is 12.1. The SMILES string of the molecule is COC1C=C2C3CC(C)(C)CCC3(CO)C(O)CC2(C)C2(C)CCC3C(C)(CO)C(OC4OC(C)C(O)C(OC5OC(OC(C)=O)C(O)C(O)C5O)C4O)CCC3(C)C12. The van der Waals surface area contributed by atoms with Crippen LogP contribution in [0, 0.1) is 50.2 Å². The number of carbonyl (C=O) groups is 1. The van der Waals surface area contributed by atoms with Gasteiger partial charge in [0.25, 0.3) is 0 Å². The first-order valence-electron chi connectivity index (χ1n) is 21.8. The number of methoxy groups -OCH3 is 1. The van der Waals surface area contributed by atoms with Crippen molar-refractivity contribution in [2.24, 2.45) is 50.2 Å². The molecule has 15 heteroatoms. The molecule has 59 heavy (non-hydrogen) atoms. The van der Waals surface area contributed by atoms with Crippen LogP contribution >= 0.6 is 0 Å². The lowest BCUT2D eigenvalue weighted by Crippen LogP contribution is -2.70. The molecule has 338 valence electrons. The Morgan fingerprint density at radius 1 is 0.780 bits per heavy atom. The maximum atomic E-state index is 12.1. The first-order chi connectivity index (χ1) is 27.5. The van der Waals surface area contributed by atoms with Crippen LogP contribution in [0.1, 0.15) is 107 Å². The topological polar surface area (TPSA) is 234 Å². The number of carbonyl (C=O) groups excluding carboxylic acids is 1. The molecule has 4 saturated carbocycles. The molecule has 7 aliphatic rings. The number of aliphatic hydroxyl groups is 8. The van der Waals surface area contributed by atoms with Gasteiger partial charge in [0.15, 0.2) is 12.6 Å². The van der Waals surface area contributed by atoms with Crippen molar-refractivity contribution in [2.45, 2.75) is 187 Å². The van der Waals surface area contributed by atoms with Gasteiger partial charge in [-0.05, 0) is 91.8 Å². The Morgan fingerprint density at radius 2 is 1.44 bits per heavy atom. The van der Waals surface area contributed by atoms with Crippen LogP contribution in [0.3, 0.4) is 0 Å². The molecule has 0 bridgehead atoms. The molecule has 15 nitrogen and oxygen atoms in total. The van der Waals surface area contributed by atoms with E-state index in [-0.39, 0.29) is 58.7 Å². The highest BCUT2D eigenvalue weighted by molar-refractivity contribution is 5.66. The van der Waals surface area contributed by atoms with Gasteiger partial charge in [-0.1, -0.05) is 53.2 Å². The van der Waals surface area contributed by atoms with Crippen LogP contribution in [0.2, 0.25) is 0 Å². The van der Waals surface area contributed by atoms with Crippen LogP contribution in [0.25, 0.3) is 0 Å². The molecule has 0 amide bonds. The van der Waals surface area contributed by atoms with Gasteiger partial charge in [-0.15, -0.1) is 0 Å². The first kappa shape index (κ1) is 45.7. The highest BCUT2D eigenvalue weighted by Crippen LogP contribution is 2.76. The Labute approximate surface area is 348 Å². The molecule has 2 heterocycles. The molecule has 0 radical (unpaired) electrons. The van der Waals surface area contributed by atoms with E-state index in [1.807, 2.05) is 6.92 Å². The average Bonchev–Trinajstić information content (AvgIpc) is 3.17. The first-order valence-corrected chi connectivity index (χ1v) is 21.8. The molecule has 5 aliphatic carbocycles.